The number of aromatic nitrogens is 1. The van der Waals surface area contributed by atoms with Gasteiger partial charge in [0.25, 0.3) is 5.91 Å². The normalized spacial score (nSPS) is 10.6. The van der Waals surface area contributed by atoms with Crippen LogP contribution < -0.4 is 0 Å². The van der Waals surface area contributed by atoms with Crippen LogP contribution in [0.3, 0.4) is 0 Å². The molecule has 6 nitrogen and oxygen atoms in total. The Morgan fingerprint density at radius 2 is 2.24 bits per heavy atom. The minimum atomic E-state index is -1.06. The molecular formula is C13H13ClN2O4S. The smallest absolute Gasteiger partial charge is 0.323 e. The van der Waals surface area contributed by atoms with Crippen LogP contribution in [-0.4, -0.2) is 40.1 Å². The van der Waals surface area contributed by atoms with E-state index >= 15 is 0 Å². The number of aliphatic carboxylic acids is 1. The summed E-state index contributed by atoms with van der Waals surface area (Å²) in [6.07, 6.45) is 0.657. The van der Waals surface area contributed by atoms with Gasteiger partial charge in [-0.1, -0.05) is 23.7 Å². The Morgan fingerprint density at radius 3 is 2.81 bits per heavy atom. The number of halogens is 1. The van der Waals surface area contributed by atoms with E-state index in [-0.39, 0.29) is 12.2 Å². The molecular weight excluding hydrogens is 316 g/mol. The first-order valence-corrected chi connectivity index (χ1v) is 7.44. The first-order valence-electron chi connectivity index (χ1n) is 6.24. The number of thiophene rings is 1. The van der Waals surface area contributed by atoms with E-state index in [4.69, 9.17) is 21.2 Å². The summed E-state index contributed by atoms with van der Waals surface area (Å²) >= 11 is 7.15. The summed E-state index contributed by atoms with van der Waals surface area (Å²) in [7, 11) is 0. The molecule has 0 radical (unpaired) electrons. The fourth-order valence-electron chi connectivity index (χ4n) is 1.79. The van der Waals surface area contributed by atoms with Crippen LogP contribution in [0.4, 0.5) is 0 Å². The summed E-state index contributed by atoms with van der Waals surface area (Å²) in [6.45, 7) is 1.85. The lowest BCUT2D eigenvalue weighted by Crippen LogP contribution is -2.36. The molecule has 2 aromatic heterocycles. The molecule has 21 heavy (non-hydrogen) atoms. The van der Waals surface area contributed by atoms with Crippen LogP contribution in [0.25, 0.3) is 10.6 Å². The molecule has 0 saturated carbocycles. The second-order valence-electron chi connectivity index (χ2n) is 4.30. The Morgan fingerprint density at radius 1 is 1.48 bits per heavy atom. The molecule has 0 bridgehead atoms. The Kier molecular flexibility index (Phi) is 4.98. The molecule has 0 aliphatic rings. The summed E-state index contributed by atoms with van der Waals surface area (Å²) in [5.41, 5.74) is 0.0872. The molecule has 2 rings (SSSR count). The van der Waals surface area contributed by atoms with Gasteiger partial charge in [-0.2, -0.15) is 0 Å². The molecule has 0 aliphatic carbocycles. The average Bonchev–Trinajstić information content (AvgIpc) is 3.05. The van der Waals surface area contributed by atoms with Gasteiger partial charge >= 0.3 is 5.97 Å². The number of carboxylic acids is 1. The predicted molar refractivity (Wildman–Crippen MR) is 78.7 cm³/mol. The largest absolute Gasteiger partial charge is 0.480 e. The van der Waals surface area contributed by atoms with Crippen molar-refractivity contribution in [1.82, 2.24) is 10.1 Å². The summed E-state index contributed by atoms with van der Waals surface area (Å²) in [5.74, 6) is -1.09. The van der Waals surface area contributed by atoms with E-state index in [1.54, 1.807) is 12.1 Å². The van der Waals surface area contributed by atoms with Crippen LogP contribution in [0.1, 0.15) is 23.8 Å². The van der Waals surface area contributed by atoms with Crippen molar-refractivity contribution in [2.75, 3.05) is 13.1 Å². The molecule has 0 fully saturated rings. The number of carbonyl (C=O) groups excluding carboxylic acids is 1. The number of rotatable bonds is 6. The highest BCUT2D eigenvalue weighted by Crippen LogP contribution is 2.31. The van der Waals surface area contributed by atoms with Crippen LogP contribution in [0.5, 0.6) is 0 Å². The van der Waals surface area contributed by atoms with Crippen molar-refractivity contribution < 1.29 is 19.2 Å². The Labute approximate surface area is 129 Å². The van der Waals surface area contributed by atoms with E-state index in [1.165, 1.54) is 22.3 Å². The topological polar surface area (TPSA) is 83.6 Å². The quantitative estimate of drug-likeness (QED) is 0.881. The van der Waals surface area contributed by atoms with Gasteiger partial charge in [-0.25, -0.2) is 0 Å². The number of carboxylic acid groups (broad SMARTS) is 1. The van der Waals surface area contributed by atoms with Crippen molar-refractivity contribution in [2.24, 2.45) is 0 Å². The molecule has 1 N–H and O–H groups in total. The van der Waals surface area contributed by atoms with Gasteiger partial charge in [-0.3, -0.25) is 9.59 Å². The Hall–Kier alpha value is -1.86. The highest BCUT2D eigenvalue weighted by atomic mass is 35.5. The van der Waals surface area contributed by atoms with Crippen LogP contribution in [-0.2, 0) is 4.79 Å². The van der Waals surface area contributed by atoms with Crippen molar-refractivity contribution >= 4 is 34.8 Å². The van der Waals surface area contributed by atoms with Gasteiger partial charge in [0.05, 0.1) is 9.21 Å². The summed E-state index contributed by atoms with van der Waals surface area (Å²) in [6, 6.07) is 4.98. The van der Waals surface area contributed by atoms with Gasteiger partial charge in [0.1, 0.15) is 6.54 Å². The van der Waals surface area contributed by atoms with Crippen molar-refractivity contribution in [3.05, 3.63) is 28.2 Å². The maximum absolute atomic E-state index is 12.2. The van der Waals surface area contributed by atoms with Gasteiger partial charge in [-0.05, 0) is 18.6 Å². The number of hydrogen-bond acceptors (Lipinski definition) is 5. The zero-order chi connectivity index (χ0) is 15.4. The molecule has 0 saturated heterocycles. The maximum atomic E-state index is 12.2. The number of hydrogen-bond donors (Lipinski definition) is 1. The van der Waals surface area contributed by atoms with Crippen molar-refractivity contribution in [1.29, 1.82) is 0 Å². The van der Waals surface area contributed by atoms with Gasteiger partial charge < -0.3 is 14.5 Å². The molecule has 1 amide bonds. The average molecular weight is 329 g/mol. The standard InChI is InChI=1S/C13H13ClN2O4S/c1-2-5-16(7-12(17)18)13(19)8-6-9(20-15-8)10-3-4-11(14)21-10/h3-4,6H,2,5,7H2,1H3,(H,17,18). The number of nitrogens with zero attached hydrogens (tertiary/aromatic N) is 2. The Balaban J connectivity index is 2.18. The van der Waals surface area contributed by atoms with E-state index < -0.39 is 11.9 Å². The van der Waals surface area contributed by atoms with E-state index in [9.17, 15) is 9.59 Å². The molecule has 0 spiro atoms. The third-order valence-electron chi connectivity index (χ3n) is 2.65. The molecule has 2 heterocycles. The molecule has 0 aliphatic heterocycles. The number of amides is 1. The van der Waals surface area contributed by atoms with Gasteiger partial charge in [0, 0.05) is 12.6 Å². The minimum absolute atomic E-state index is 0.0872. The third-order valence-corrected chi connectivity index (χ3v) is 3.90. The SMILES string of the molecule is CCCN(CC(=O)O)C(=O)c1cc(-c2ccc(Cl)s2)on1. The summed E-state index contributed by atoms with van der Waals surface area (Å²) in [5, 5.41) is 12.6. The second kappa shape index (κ2) is 6.73. The van der Waals surface area contributed by atoms with Crippen molar-refractivity contribution in [3.63, 3.8) is 0 Å². The maximum Gasteiger partial charge on any atom is 0.323 e. The fourth-order valence-corrected chi connectivity index (χ4v) is 2.78. The molecule has 8 heteroatoms. The minimum Gasteiger partial charge on any atom is -0.480 e. The van der Waals surface area contributed by atoms with Gasteiger partial charge in [0.2, 0.25) is 0 Å². The molecule has 2 aromatic rings. The first-order chi connectivity index (χ1) is 10.0. The first kappa shape index (κ1) is 15.5. The van der Waals surface area contributed by atoms with Gasteiger partial charge in [0.15, 0.2) is 11.5 Å². The van der Waals surface area contributed by atoms with E-state index in [0.29, 0.717) is 23.1 Å². The third kappa shape index (κ3) is 3.83. The zero-order valence-electron chi connectivity index (χ0n) is 11.2. The zero-order valence-corrected chi connectivity index (χ0v) is 12.8. The monoisotopic (exact) mass is 328 g/mol. The molecule has 0 unspecified atom stereocenters. The number of carbonyl (C=O) groups is 2. The van der Waals surface area contributed by atoms with Crippen LogP contribution in [0, 0.1) is 0 Å². The predicted octanol–water partition coefficient (Wildman–Crippen LogP) is 2.99. The lowest BCUT2D eigenvalue weighted by Gasteiger charge is -2.18. The van der Waals surface area contributed by atoms with Crippen LogP contribution in [0.2, 0.25) is 4.34 Å². The van der Waals surface area contributed by atoms with E-state index in [2.05, 4.69) is 5.16 Å². The summed E-state index contributed by atoms with van der Waals surface area (Å²) < 4.78 is 5.73. The lowest BCUT2D eigenvalue weighted by molar-refractivity contribution is -0.137. The molecule has 0 aromatic carbocycles. The molecule has 112 valence electrons. The highest BCUT2D eigenvalue weighted by Gasteiger charge is 2.22. The molecule has 0 atom stereocenters. The second-order valence-corrected chi connectivity index (χ2v) is 6.02. The van der Waals surface area contributed by atoms with Gasteiger partial charge in [-0.15, -0.1) is 11.3 Å². The summed E-state index contributed by atoms with van der Waals surface area (Å²) in [4.78, 5) is 25.0. The highest BCUT2D eigenvalue weighted by molar-refractivity contribution is 7.19. The van der Waals surface area contributed by atoms with Crippen molar-refractivity contribution in [3.8, 4) is 10.6 Å². The Bertz CT molecular complexity index is 652. The van der Waals surface area contributed by atoms with Crippen LogP contribution >= 0.6 is 22.9 Å². The van der Waals surface area contributed by atoms with Crippen LogP contribution in [0.15, 0.2) is 22.7 Å². The van der Waals surface area contributed by atoms with E-state index in [0.717, 1.165) is 4.88 Å². The fraction of sp³-hybridized carbons (Fsp3) is 0.308. The van der Waals surface area contributed by atoms with E-state index in [1.807, 2.05) is 6.92 Å². The van der Waals surface area contributed by atoms with Crippen molar-refractivity contribution in [2.45, 2.75) is 13.3 Å². The lowest BCUT2D eigenvalue weighted by atomic mass is 10.3.